The third-order valence-electron chi connectivity index (χ3n) is 3.70. The van der Waals surface area contributed by atoms with Crippen molar-refractivity contribution >= 4 is 46.5 Å². The Morgan fingerprint density at radius 1 is 1.14 bits per heavy atom. The summed E-state index contributed by atoms with van der Waals surface area (Å²) in [5, 5.41) is 4.71. The molecule has 0 aliphatic heterocycles. The van der Waals surface area contributed by atoms with E-state index in [1.807, 2.05) is 5.32 Å². The summed E-state index contributed by atoms with van der Waals surface area (Å²) in [6.07, 6.45) is 0. The number of hydrogen-bond acceptors (Lipinski definition) is 4. The highest BCUT2D eigenvalue weighted by molar-refractivity contribution is 6.39. The fraction of sp³-hybridized carbons (Fsp3) is 0.222. The predicted octanol–water partition coefficient (Wildman–Crippen LogP) is 4.32. The van der Waals surface area contributed by atoms with Crippen molar-refractivity contribution in [2.24, 2.45) is 0 Å². The van der Waals surface area contributed by atoms with Gasteiger partial charge in [0, 0.05) is 26.4 Å². The normalized spacial score (nSPS) is 10.5. The summed E-state index contributed by atoms with van der Waals surface area (Å²) >= 11 is 12.5. The largest absolute Gasteiger partial charge is 0.383 e. The summed E-state index contributed by atoms with van der Waals surface area (Å²) in [6, 6.07) is 4.79. The highest BCUT2D eigenvalue weighted by Crippen LogP contribution is 2.36. The Morgan fingerprint density at radius 3 is 2.25 bits per heavy atom. The van der Waals surface area contributed by atoms with Gasteiger partial charge in [-0.15, -0.1) is 0 Å². The number of urea groups is 1. The number of methoxy groups -OCH3 is 1. The summed E-state index contributed by atoms with van der Waals surface area (Å²) in [6.45, 7) is 0.992. The molecule has 0 aliphatic carbocycles. The van der Waals surface area contributed by atoms with Crippen LogP contribution in [0.1, 0.15) is 10.4 Å². The standard InChI is InChI=1S/C18H17Cl2F2N3O3/c1-25(6-7-28-2)16-11(19)8-10(9-12(16)20)23-18(27)24-17(26)15-13(21)4-3-5-14(15)22/h3-5,8-9H,6-7H2,1-2H3,(H2,23,24,26,27). The molecule has 150 valence electrons. The first kappa shape index (κ1) is 21.9. The molecule has 2 rings (SSSR count). The molecule has 2 N–H and O–H groups in total. The number of benzene rings is 2. The molecule has 0 saturated carbocycles. The highest BCUT2D eigenvalue weighted by atomic mass is 35.5. The molecule has 0 aliphatic rings. The van der Waals surface area contributed by atoms with E-state index in [0.717, 1.165) is 18.2 Å². The van der Waals surface area contributed by atoms with Gasteiger partial charge in [0.2, 0.25) is 0 Å². The molecule has 10 heteroatoms. The van der Waals surface area contributed by atoms with Gasteiger partial charge in [0.1, 0.15) is 17.2 Å². The SMILES string of the molecule is COCCN(C)c1c(Cl)cc(NC(=O)NC(=O)c2c(F)cccc2F)cc1Cl. The van der Waals surface area contributed by atoms with Crippen molar-refractivity contribution in [3.8, 4) is 0 Å². The molecule has 3 amide bonds. The van der Waals surface area contributed by atoms with Gasteiger partial charge in [-0.05, 0) is 24.3 Å². The summed E-state index contributed by atoms with van der Waals surface area (Å²) in [7, 11) is 3.34. The fourth-order valence-corrected chi connectivity index (χ4v) is 3.16. The van der Waals surface area contributed by atoms with Crippen molar-refractivity contribution in [2.45, 2.75) is 0 Å². The first-order valence-corrected chi connectivity index (χ1v) is 8.75. The lowest BCUT2D eigenvalue weighted by Gasteiger charge is -2.22. The number of rotatable bonds is 6. The van der Waals surface area contributed by atoms with Crippen LogP contribution in [0.4, 0.5) is 25.0 Å². The van der Waals surface area contributed by atoms with Crippen LogP contribution in [-0.4, -0.2) is 39.2 Å². The number of ether oxygens (including phenoxy) is 1. The number of carbonyl (C=O) groups is 2. The van der Waals surface area contributed by atoms with Crippen LogP contribution in [0.5, 0.6) is 0 Å². The van der Waals surface area contributed by atoms with E-state index in [2.05, 4.69) is 5.32 Å². The lowest BCUT2D eigenvalue weighted by molar-refractivity contribution is 0.0959. The van der Waals surface area contributed by atoms with Crippen LogP contribution in [0, 0.1) is 11.6 Å². The second-order valence-electron chi connectivity index (χ2n) is 5.71. The number of hydrogen-bond donors (Lipinski definition) is 2. The van der Waals surface area contributed by atoms with E-state index in [-0.39, 0.29) is 15.7 Å². The third kappa shape index (κ3) is 5.31. The molecule has 0 unspecified atom stereocenters. The van der Waals surface area contributed by atoms with Gasteiger partial charge in [-0.3, -0.25) is 10.1 Å². The number of anilines is 2. The smallest absolute Gasteiger partial charge is 0.326 e. The quantitative estimate of drug-likeness (QED) is 0.714. The predicted molar refractivity (Wildman–Crippen MR) is 104 cm³/mol. The Kier molecular flexibility index (Phi) is 7.56. The van der Waals surface area contributed by atoms with Crippen molar-refractivity contribution in [3.05, 3.63) is 57.6 Å². The third-order valence-corrected chi connectivity index (χ3v) is 4.28. The van der Waals surface area contributed by atoms with Crippen LogP contribution in [0.25, 0.3) is 0 Å². The maximum atomic E-state index is 13.6. The van der Waals surface area contributed by atoms with Gasteiger partial charge >= 0.3 is 6.03 Å². The van der Waals surface area contributed by atoms with Crippen LogP contribution in [-0.2, 0) is 4.74 Å². The fourth-order valence-electron chi connectivity index (χ4n) is 2.39. The second-order valence-corrected chi connectivity index (χ2v) is 6.52. The second kappa shape index (κ2) is 9.68. The Balaban J connectivity index is 2.11. The van der Waals surface area contributed by atoms with Gasteiger partial charge in [0.05, 0.1) is 22.3 Å². The van der Waals surface area contributed by atoms with Crippen molar-refractivity contribution in [3.63, 3.8) is 0 Å². The minimum Gasteiger partial charge on any atom is -0.383 e. The van der Waals surface area contributed by atoms with E-state index < -0.39 is 29.1 Å². The molecule has 28 heavy (non-hydrogen) atoms. The summed E-state index contributed by atoms with van der Waals surface area (Å²) < 4.78 is 32.2. The lowest BCUT2D eigenvalue weighted by atomic mass is 10.2. The molecule has 0 atom stereocenters. The highest BCUT2D eigenvalue weighted by Gasteiger charge is 2.20. The van der Waals surface area contributed by atoms with Crippen molar-refractivity contribution in [1.82, 2.24) is 5.32 Å². The van der Waals surface area contributed by atoms with Gasteiger partial charge in [0.15, 0.2) is 0 Å². The molecule has 0 fully saturated rings. The topological polar surface area (TPSA) is 70.7 Å². The zero-order chi connectivity index (χ0) is 20.8. The molecular weight excluding hydrogens is 415 g/mol. The Labute approximate surface area is 170 Å². The van der Waals surface area contributed by atoms with Crippen LogP contribution in [0.15, 0.2) is 30.3 Å². The molecule has 0 radical (unpaired) electrons. The maximum Gasteiger partial charge on any atom is 0.326 e. The number of nitrogens with one attached hydrogen (secondary N) is 2. The Bertz CT molecular complexity index is 853. The maximum absolute atomic E-state index is 13.6. The minimum atomic E-state index is -1.22. The molecular formula is C18H17Cl2F2N3O3. The molecule has 0 bridgehead atoms. The van der Waals surface area contributed by atoms with Gasteiger partial charge in [-0.2, -0.15) is 0 Å². The van der Waals surface area contributed by atoms with Gasteiger partial charge in [0.25, 0.3) is 5.91 Å². The molecule has 0 heterocycles. The van der Waals surface area contributed by atoms with Crippen LogP contribution >= 0.6 is 23.2 Å². The number of carbonyl (C=O) groups excluding carboxylic acids is 2. The minimum absolute atomic E-state index is 0.193. The monoisotopic (exact) mass is 431 g/mol. The van der Waals surface area contributed by atoms with Crippen molar-refractivity contribution in [1.29, 1.82) is 0 Å². The molecule has 0 aromatic heterocycles. The number of halogens is 4. The average Bonchev–Trinajstić information content (AvgIpc) is 2.58. The van der Waals surface area contributed by atoms with Crippen LogP contribution in [0.3, 0.4) is 0 Å². The first-order valence-electron chi connectivity index (χ1n) is 8.00. The van der Waals surface area contributed by atoms with Gasteiger partial charge in [-0.25, -0.2) is 13.6 Å². The van der Waals surface area contributed by atoms with E-state index in [1.54, 1.807) is 19.1 Å². The number of imide groups is 1. The number of likely N-dealkylation sites (N-methyl/N-ethyl adjacent to an activating group) is 1. The van der Waals surface area contributed by atoms with E-state index in [4.69, 9.17) is 27.9 Å². The summed E-state index contributed by atoms with van der Waals surface area (Å²) in [5.74, 6) is -3.39. The zero-order valence-electron chi connectivity index (χ0n) is 15.0. The van der Waals surface area contributed by atoms with Gasteiger partial charge < -0.3 is 15.0 Å². The van der Waals surface area contributed by atoms with E-state index >= 15 is 0 Å². The van der Waals surface area contributed by atoms with E-state index in [1.165, 1.54) is 12.1 Å². The molecule has 0 saturated heterocycles. The van der Waals surface area contributed by atoms with Gasteiger partial charge in [-0.1, -0.05) is 29.3 Å². The Hall–Kier alpha value is -2.42. The van der Waals surface area contributed by atoms with E-state index in [0.29, 0.717) is 18.8 Å². The molecule has 6 nitrogen and oxygen atoms in total. The molecule has 0 spiro atoms. The van der Waals surface area contributed by atoms with Crippen molar-refractivity contribution in [2.75, 3.05) is 37.5 Å². The van der Waals surface area contributed by atoms with Crippen LogP contribution in [0.2, 0.25) is 10.0 Å². The van der Waals surface area contributed by atoms with Crippen molar-refractivity contribution < 1.29 is 23.1 Å². The summed E-state index contributed by atoms with van der Waals surface area (Å²) in [4.78, 5) is 25.7. The van der Waals surface area contributed by atoms with Crippen LogP contribution < -0.4 is 15.5 Å². The first-order chi connectivity index (χ1) is 13.2. The average molecular weight is 432 g/mol. The molecule has 2 aromatic carbocycles. The summed E-state index contributed by atoms with van der Waals surface area (Å²) in [5.41, 5.74) is -0.127. The number of nitrogens with zero attached hydrogens (tertiary/aromatic N) is 1. The molecule has 2 aromatic rings. The lowest BCUT2D eigenvalue weighted by Crippen LogP contribution is -2.35. The Morgan fingerprint density at radius 2 is 1.71 bits per heavy atom. The van der Waals surface area contributed by atoms with E-state index in [9.17, 15) is 18.4 Å². The number of amides is 3. The zero-order valence-corrected chi connectivity index (χ0v) is 16.5.